The van der Waals surface area contributed by atoms with Gasteiger partial charge in [-0.2, -0.15) is 0 Å². The van der Waals surface area contributed by atoms with Crippen molar-refractivity contribution in [2.45, 2.75) is 43.4 Å². The second-order valence-corrected chi connectivity index (χ2v) is 6.98. The van der Waals surface area contributed by atoms with Crippen LogP contribution < -0.4 is 10.0 Å². The topological polar surface area (TPSA) is 91.6 Å². The zero-order chi connectivity index (χ0) is 14.6. The van der Waals surface area contributed by atoms with Gasteiger partial charge in [-0.15, -0.1) is 0 Å². The minimum atomic E-state index is -3.58. The molecule has 20 heavy (non-hydrogen) atoms. The second kappa shape index (κ2) is 6.71. The van der Waals surface area contributed by atoms with Gasteiger partial charge in [-0.1, -0.05) is 0 Å². The van der Waals surface area contributed by atoms with E-state index in [0.29, 0.717) is 24.8 Å². The van der Waals surface area contributed by atoms with E-state index in [1.807, 2.05) is 0 Å². The molecule has 0 radical (unpaired) electrons. The highest BCUT2D eigenvalue weighted by molar-refractivity contribution is 7.89. The summed E-state index contributed by atoms with van der Waals surface area (Å²) < 4.78 is 32.0. The molecular weight excluding hydrogens is 280 g/mol. The van der Waals surface area contributed by atoms with Gasteiger partial charge in [-0.3, -0.25) is 0 Å². The van der Waals surface area contributed by atoms with Gasteiger partial charge < -0.3 is 14.8 Å². The lowest BCUT2D eigenvalue weighted by atomic mass is 9.88. The molecule has 1 aromatic rings. The molecule has 0 aromatic carbocycles. The third-order valence-corrected chi connectivity index (χ3v) is 4.93. The molecule has 0 saturated heterocycles. The molecule has 6 nitrogen and oxygen atoms in total. The molecule has 0 atom stereocenters. The van der Waals surface area contributed by atoms with Crippen molar-refractivity contribution < 1.29 is 17.9 Å². The predicted molar refractivity (Wildman–Crippen MR) is 74.6 cm³/mol. The Morgan fingerprint density at radius 3 is 2.65 bits per heavy atom. The van der Waals surface area contributed by atoms with E-state index < -0.39 is 10.0 Å². The summed E-state index contributed by atoms with van der Waals surface area (Å²) >= 11 is 0. The fourth-order valence-electron chi connectivity index (χ4n) is 2.42. The van der Waals surface area contributed by atoms with Crippen molar-refractivity contribution in [3.63, 3.8) is 0 Å². The number of aliphatic hydroxyl groups excluding tert-OH is 1. The van der Waals surface area contributed by atoms with Crippen molar-refractivity contribution in [3.8, 4) is 0 Å². The fourth-order valence-corrected chi connectivity index (χ4v) is 3.48. The molecule has 0 bridgehead atoms. The first-order valence-corrected chi connectivity index (χ1v) is 8.40. The molecule has 1 fully saturated rings. The highest BCUT2D eigenvalue weighted by Crippen LogP contribution is 2.24. The lowest BCUT2D eigenvalue weighted by Crippen LogP contribution is -2.32. The van der Waals surface area contributed by atoms with Gasteiger partial charge in [0.1, 0.15) is 5.76 Å². The summed E-state index contributed by atoms with van der Waals surface area (Å²) in [6, 6.07) is 3.13. The SMILES string of the molecule is CNCc1ccc(S(=O)(=O)NCC2CCC(O)CC2)o1. The van der Waals surface area contributed by atoms with Crippen LogP contribution in [0.5, 0.6) is 0 Å². The molecule has 7 heteroatoms. The Morgan fingerprint density at radius 1 is 1.30 bits per heavy atom. The molecule has 1 aliphatic carbocycles. The number of hydrogen-bond donors (Lipinski definition) is 3. The Labute approximate surface area is 119 Å². The molecule has 0 amide bonds. The van der Waals surface area contributed by atoms with Crippen molar-refractivity contribution in [1.29, 1.82) is 0 Å². The van der Waals surface area contributed by atoms with Gasteiger partial charge in [0.2, 0.25) is 5.09 Å². The Balaban J connectivity index is 1.90. The summed E-state index contributed by atoms with van der Waals surface area (Å²) in [5, 5.41) is 12.3. The first-order valence-electron chi connectivity index (χ1n) is 6.92. The van der Waals surface area contributed by atoms with Gasteiger partial charge in [-0.05, 0) is 50.8 Å². The van der Waals surface area contributed by atoms with Crippen molar-refractivity contribution >= 4 is 10.0 Å². The van der Waals surface area contributed by atoms with Crippen LogP contribution in [0, 0.1) is 5.92 Å². The molecule has 0 unspecified atom stereocenters. The molecule has 1 heterocycles. The van der Waals surface area contributed by atoms with Crippen molar-refractivity contribution in [1.82, 2.24) is 10.0 Å². The van der Waals surface area contributed by atoms with Crippen LogP contribution in [-0.2, 0) is 16.6 Å². The van der Waals surface area contributed by atoms with E-state index in [0.717, 1.165) is 25.7 Å². The number of nitrogens with one attached hydrogen (secondary N) is 2. The van der Waals surface area contributed by atoms with E-state index in [9.17, 15) is 13.5 Å². The maximum atomic E-state index is 12.1. The lowest BCUT2D eigenvalue weighted by Gasteiger charge is -2.25. The van der Waals surface area contributed by atoms with Gasteiger partial charge in [0.05, 0.1) is 12.6 Å². The third-order valence-electron chi connectivity index (χ3n) is 3.63. The number of hydrogen-bond acceptors (Lipinski definition) is 5. The molecule has 1 aliphatic rings. The summed E-state index contributed by atoms with van der Waals surface area (Å²) in [7, 11) is -1.81. The van der Waals surface area contributed by atoms with Crippen LogP contribution in [0.1, 0.15) is 31.4 Å². The van der Waals surface area contributed by atoms with Crippen LogP contribution >= 0.6 is 0 Å². The van der Waals surface area contributed by atoms with Crippen molar-refractivity contribution in [2.24, 2.45) is 5.92 Å². The molecule has 1 saturated carbocycles. The maximum Gasteiger partial charge on any atom is 0.273 e. The van der Waals surface area contributed by atoms with Gasteiger partial charge in [0.25, 0.3) is 10.0 Å². The summed E-state index contributed by atoms with van der Waals surface area (Å²) in [6.45, 7) is 0.896. The molecule has 114 valence electrons. The highest BCUT2D eigenvalue weighted by atomic mass is 32.2. The smallest absolute Gasteiger partial charge is 0.273 e. The third kappa shape index (κ3) is 4.05. The maximum absolute atomic E-state index is 12.1. The average Bonchev–Trinajstić information content (AvgIpc) is 2.88. The number of furan rings is 1. The highest BCUT2D eigenvalue weighted by Gasteiger charge is 2.23. The van der Waals surface area contributed by atoms with Crippen molar-refractivity contribution in [3.05, 3.63) is 17.9 Å². The normalized spacial score (nSPS) is 23.9. The second-order valence-electron chi connectivity index (χ2n) is 5.28. The van der Waals surface area contributed by atoms with Crippen LogP contribution in [0.2, 0.25) is 0 Å². The minimum absolute atomic E-state index is 0.0430. The largest absolute Gasteiger partial charge is 0.447 e. The summed E-state index contributed by atoms with van der Waals surface area (Å²) in [5.74, 6) is 0.883. The number of sulfonamides is 1. The van der Waals surface area contributed by atoms with Crippen LogP contribution in [0.4, 0.5) is 0 Å². The Bertz CT molecular complexity index is 518. The molecular formula is C13H22N2O4S. The molecule has 0 aliphatic heterocycles. The predicted octanol–water partition coefficient (Wildman–Crippen LogP) is 0.828. The molecule has 0 spiro atoms. The zero-order valence-corrected chi connectivity index (χ0v) is 12.4. The van der Waals surface area contributed by atoms with Crippen LogP contribution in [0.3, 0.4) is 0 Å². The van der Waals surface area contributed by atoms with E-state index in [-0.39, 0.29) is 11.2 Å². The Hall–Kier alpha value is -0.890. The van der Waals surface area contributed by atoms with Gasteiger partial charge >= 0.3 is 0 Å². The van der Waals surface area contributed by atoms with E-state index in [4.69, 9.17) is 4.42 Å². The van der Waals surface area contributed by atoms with Crippen LogP contribution in [-0.4, -0.2) is 33.2 Å². The van der Waals surface area contributed by atoms with Gasteiger partial charge in [0, 0.05) is 6.54 Å². The minimum Gasteiger partial charge on any atom is -0.447 e. The number of aliphatic hydroxyl groups is 1. The summed E-state index contributed by atoms with van der Waals surface area (Å²) in [4.78, 5) is 0. The van der Waals surface area contributed by atoms with E-state index >= 15 is 0 Å². The fraction of sp³-hybridized carbons (Fsp3) is 0.692. The standard InChI is InChI=1S/C13H22N2O4S/c1-14-9-12-6-7-13(19-12)20(17,18)15-8-10-2-4-11(16)5-3-10/h6-7,10-11,14-16H,2-5,8-9H2,1H3. The first-order chi connectivity index (χ1) is 9.51. The zero-order valence-electron chi connectivity index (χ0n) is 11.6. The summed E-state index contributed by atoms with van der Waals surface area (Å²) in [6.07, 6.45) is 2.98. The lowest BCUT2D eigenvalue weighted by molar-refractivity contribution is 0.109. The molecule has 2 rings (SSSR count). The first kappa shape index (κ1) is 15.5. The molecule has 1 aromatic heterocycles. The van der Waals surface area contributed by atoms with E-state index in [1.165, 1.54) is 6.07 Å². The van der Waals surface area contributed by atoms with E-state index in [2.05, 4.69) is 10.0 Å². The Kier molecular flexibility index (Phi) is 5.20. The summed E-state index contributed by atoms with van der Waals surface area (Å²) in [5.41, 5.74) is 0. The molecule has 3 N–H and O–H groups in total. The van der Waals surface area contributed by atoms with Crippen LogP contribution in [0.25, 0.3) is 0 Å². The number of rotatable bonds is 6. The van der Waals surface area contributed by atoms with E-state index in [1.54, 1.807) is 13.1 Å². The monoisotopic (exact) mass is 302 g/mol. The van der Waals surface area contributed by atoms with Crippen LogP contribution in [0.15, 0.2) is 21.6 Å². The Morgan fingerprint density at radius 2 is 2.00 bits per heavy atom. The van der Waals surface area contributed by atoms with Gasteiger partial charge in [0.15, 0.2) is 0 Å². The van der Waals surface area contributed by atoms with Gasteiger partial charge in [-0.25, -0.2) is 13.1 Å². The quantitative estimate of drug-likeness (QED) is 0.724. The average molecular weight is 302 g/mol. The van der Waals surface area contributed by atoms with Crippen molar-refractivity contribution in [2.75, 3.05) is 13.6 Å².